The number of hydrogen-bond acceptors (Lipinski definition) is 4. The number of carbonyl (C=O) groups is 1. The average Bonchev–Trinajstić information content (AvgIpc) is 3.04. The third-order valence-corrected chi connectivity index (χ3v) is 4.59. The molecule has 23 heavy (non-hydrogen) atoms. The van der Waals surface area contributed by atoms with E-state index in [4.69, 9.17) is 0 Å². The van der Waals surface area contributed by atoms with Gasteiger partial charge in [0.1, 0.15) is 5.56 Å². The Morgan fingerprint density at radius 2 is 2.09 bits per heavy atom. The van der Waals surface area contributed by atoms with Gasteiger partial charge in [0.05, 0.1) is 6.04 Å². The number of hydrogen-bond donors (Lipinski definition) is 1. The van der Waals surface area contributed by atoms with Crippen molar-refractivity contribution in [3.05, 3.63) is 69.1 Å². The number of rotatable bonds is 4. The van der Waals surface area contributed by atoms with Crippen LogP contribution in [0.3, 0.4) is 0 Å². The van der Waals surface area contributed by atoms with Crippen LogP contribution in [0.25, 0.3) is 4.96 Å². The Kier molecular flexibility index (Phi) is 4.25. The quantitative estimate of drug-likeness (QED) is 0.801. The van der Waals surface area contributed by atoms with Crippen LogP contribution in [-0.4, -0.2) is 15.3 Å². The maximum absolute atomic E-state index is 12.4. The van der Waals surface area contributed by atoms with E-state index in [0.717, 1.165) is 12.0 Å². The van der Waals surface area contributed by atoms with Gasteiger partial charge in [0.2, 0.25) is 0 Å². The molecule has 0 saturated carbocycles. The lowest BCUT2D eigenvalue weighted by atomic mass is 10.0. The van der Waals surface area contributed by atoms with Gasteiger partial charge in [-0.05, 0) is 24.5 Å². The Bertz CT molecular complexity index is 896. The van der Waals surface area contributed by atoms with Crippen LogP contribution in [0.2, 0.25) is 0 Å². The van der Waals surface area contributed by atoms with Crippen molar-refractivity contribution in [2.24, 2.45) is 0 Å². The van der Waals surface area contributed by atoms with Crippen LogP contribution in [-0.2, 0) is 6.42 Å². The molecule has 0 bridgehead atoms. The first kappa shape index (κ1) is 15.4. The predicted octanol–water partition coefficient (Wildman–Crippen LogP) is 2.81. The zero-order valence-electron chi connectivity index (χ0n) is 12.9. The second-order valence-electron chi connectivity index (χ2n) is 5.32. The lowest BCUT2D eigenvalue weighted by Crippen LogP contribution is -2.32. The summed E-state index contributed by atoms with van der Waals surface area (Å²) < 4.78 is 1.39. The van der Waals surface area contributed by atoms with E-state index in [0.29, 0.717) is 4.96 Å². The highest BCUT2D eigenvalue weighted by molar-refractivity contribution is 7.15. The molecule has 2 heterocycles. The van der Waals surface area contributed by atoms with Crippen molar-refractivity contribution >= 4 is 22.2 Å². The molecule has 0 aliphatic heterocycles. The lowest BCUT2D eigenvalue weighted by molar-refractivity contribution is 0.0938. The first-order valence-corrected chi connectivity index (χ1v) is 8.32. The maximum atomic E-state index is 12.4. The number of nitrogens with one attached hydrogen (secondary N) is 1. The molecule has 1 aromatic carbocycles. The number of fused-ring (bicyclic) bond motifs is 1. The highest BCUT2D eigenvalue weighted by atomic mass is 32.1. The van der Waals surface area contributed by atoms with E-state index in [2.05, 4.69) is 17.2 Å². The van der Waals surface area contributed by atoms with Crippen LogP contribution in [0.15, 0.2) is 46.8 Å². The van der Waals surface area contributed by atoms with Gasteiger partial charge in [-0.1, -0.05) is 31.2 Å². The van der Waals surface area contributed by atoms with Crippen LogP contribution in [0.5, 0.6) is 0 Å². The van der Waals surface area contributed by atoms with Crippen molar-refractivity contribution in [2.75, 3.05) is 0 Å². The van der Waals surface area contributed by atoms with Crippen LogP contribution in [0.1, 0.15) is 41.4 Å². The zero-order valence-corrected chi connectivity index (χ0v) is 13.8. The summed E-state index contributed by atoms with van der Waals surface area (Å²) in [5.41, 5.74) is 1.96. The molecule has 2 aromatic heterocycles. The first-order valence-electron chi connectivity index (χ1n) is 7.44. The summed E-state index contributed by atoms with van der Waals surface area (Å²) in [4.78, 5) is 29.4. The van der Waals surface area contributed by atoms with Gasteiger partial charge in [0.25, 0.3) is 11.5 Å². The molecular weight excluding hydrogens is 310 g/mol. The van der Waals surface area contributed by atoms with Crippen molar-refractivity contribution in [2.45, 2.75) is 26.3 Å². The maximum Gasteiger partial charge on any atom is 0.271 e. The molecule has 0 fully saturated rings. The molecule has 0 aliphatic rings. The molecule has 1 atom stereocenters. The molecule has 0 saturated heterocycles. The van der Waals surface area contributed by atoms with E-state index < -0.39 is 5.91 Å². The van der Waals surface area contributed by atoms with Gasteiger partial charge in [0, 0.05) is 17.8 Å². The lowest BCUT2D eigenvalue weighted by Gasteiger charge is -2.14. The van der Waals surface area contributed by atoms with Gasteiger partial charge >= 0.3 is 0 Å². The largest absolute Gasteiger partial charge is 0.345 e. The van der Waals surface area contributed by atoms with Crippen LogP contribution in [0.4, 0.5) is 0 Å². The SMILES string of the molecule is CCc1ccc(C(C)NC(=O)c2cnc3sccn3c2=O)cc1. The van der Waals surface area contributed by atoms with Crippen molar-refractivity contribution in [3.8, 4) is 0 Å². The van der Waals surface area contributed by atoms with Crippen molar-refractivity contribution in [1.29, 1.82) is 0 Å². The van der Waals surface area contributed by atoms with E-state index in [1.165, 1.54) is 27.5 Å². The summed E-state index contributed by atoms with van der Waals surface area (Å²) in [7, 11) is 0. The fraction of sp³-hybridized carbons (Fsp3) is 0.235. The highest BCUT2D eigenvalue weighted by Gasteiger charge is 2.16. The summed E-state index contributed by atoms with van der Waals surface area (Å²) in [6.07, 6.45) is 3.94. The number of amides is 1. The molecule has 3 aromatic rings. The van der Waals surface area contributed by atoms with Gasteiger partial charge < -0.3 is 5.32 Å². The predicted molar refractivity (Wildman–Crippen MR) is 91.0 cm³/mol. The normalized spacial score (nSPS) is 12.3. The smallest absolute Gasteiger partial charge is 0.271 e. The van der Waals surface area contributed by atoms with Crippen LogP contribution in [0, 0.1) is 0 Å². The van der Waals surface area contributed by atoms with Gasteiger partial charge in [-0.15, -0.1) is 11.3 Å². The summed E-state index contributed by atoms with van der Waals surface area (Å²) in [6.45, 7) is 3.99. The van der Waals surface area contributed by atoms with Crippen molar-refractivity contribution in [3.63, 3.8) is 0 Å². The average molecular weight is 327 g/mol. The van der Waals surface area contributed by atoms with E-state index in [9.17, 15) is 9.59 Å². The molecule has 0 aliphatic carbocycles. The number of aromatic nitrogens is 2. The van der Waals surface area contributed by atoms with Gasteiger partial charge in [-0.2, -0.15) is 0 Å². The number of carbonyl (C=O) groups excluding carboxylic acids is 1. The monoisotopic (exact) mass is 327 g/mol. The second kappa shape index (κ2) is 6.34. The van der Waals surface area contributed by atoms with E-state index >= 15 is 0 Å². The Morgan fingerprint density at radius 1 is 1.35 bits per heavy atom. The fourth-order valence-electron chi connectivity index (χ4n) is 2.38. The molecular formula is C17H17N3O2S. The van der Waals surface area contributed by atoms with Gasteiger partial charge in [-0.3, -0.25) is 14.0 Å². The Labute approximate surface area is 137 Å². The fourth-order valence-corrected chi connectivity index (χ4v) is 3.06. The zero-order chi connectivity index (χ0) is 16.4. The molecule has 5 nitrogen and oxygen atoms in total. The van der Waals surface area contributed by atoms with Crippen LogP contribution >= 0.6 is 11.3 Å². The van der Waals surface area contributed by atoms with E-state index in [1.807, 2.05) is 31.2 Å². The van der Waals surface area contributed by atoms with Gasteiger partial charge in [0.15, 0.2) is 4.96 Å². The third-order valence-electron chi connectivity index (χ3n) is 3.82. The number of thiazole rings is 1. The highest BCUT2D eigenvalue weighted by Crippen LogP contribution is 2.14. The summed E-state index contributed by atoms with van der Waals surface area (Å²) in [5.74, 6) is -0.407. The molecule has 0 radical (unpaired) electrons. The third kappa shape index (κ3) is 3.03. The van der Waals surface area contributed by atoms with Gasteiger partial charge in [-0.25, -0.2) is 4.98 Å². The first-order chi connectivity index (χ1) is 11.1. The van der Waals surface area contributed by atoms with E-state index in [1.54, 1.807) is 11.6 Å². The summed E-state index contributed by atoms with van der Waals surface area (Å²) in [5, 5.41) is 4.63. The molecule has 3 rings (SSSR count). The molecule has 6 heteroatoms. The number of nitrogens with zero attached hydrogens (tertiary/aromatic N) is 2. The topological polar surface area (TPSA) is 63.5 Å². The molecule has 0 spiro atoms. The Balaban J connectivity index is 1.81. The minimum Gasteiger partial charge on any atom is -0.345 e. The summed E-state index contributed by atoms with van der Waals surface area (Å²) >= 11 is 1.36. The summed E-state index contributed by atoms with van der Waals surface area (Å²) in [6, 6.07) is 7.90. The van der Waals surface area contributed by atoms with Crippen molar-refractivity contribution < 1.29 is 4.79 Å². The minimum absolute atomic E-state index is 0.0536. The van der Waals surface area contributed by atoms with E-state index in [-0.39, 0.29) is 17.2 Å². The second-order valence-corrected chi connectivity index (χ2v) is 6.20. The van der Waals surface area contributed by atoms with Crippen LogP contribution < -0.4 is 10.9 Å². The minimum atomic E-state index is -0.407. The standard InChI is InChI=1S/C17H17N3O2S/c1-3-12-4-6-13(7-5-12)11(2)19-15(21)14-10-18-17-20(16(14)22)8-9-23-17/h4-11H,3H2,1-2H3,(H,19,21). The number of aryl methyl sites for hydroxylation is 1. The van der Waals surface area contributed by atoms with Crippen molar-refractivity contribution in [1.82, 2.24) is 14.7 Å². The molecule has 118 valence electrons. The Morgan fingerprint density at radius 3 is 2.78 bits per heavy atom. The molecule has 1 amide bonds. The molecule has 1 N–H and O–H groups in total. The molecule has 1 unspecified atom stereocenters. The number of benzene rings is 1. The Hall–Kier alpha value is -2.47.